The minimum atomic E-state index is -3.72. The van der Waals surface area contributed by atoms with Crippen LogP contribution in [-0.2, 0) is 19.6 Å². The molecule has 4 rings (SSSR count). The molecular weight excluding hydrogens is 442 g/mol. The number of nitrogens with zero attached hydrogens (tertiary/aromatic N) is 2. The van der Waals surface area contributed by atoms with E-state index in [0.717, 1.165) is 18.2 Å². The van der Waals surface area contributed by atoms with E-state index in [1.807, 2.05) is 4.90 Å². The fraction of sp³-hybridized carbons (Fsp3) is 0.318. The van der Waals surface area contributed by atoms with E-state index in [9.17, 15) is 26.8 Å². The number of ether oxygens (including phenoxy) is 1. The second-order valence-electron chi connectivity index (χ2n) is 7.72. The van der Waals surface area contributed by atoms with Crippen molar-refractivity contribution in [2.24, 2.45) is 10.3 Å². The summed E-state index contributed by atoms with van der Waals surface area (Å²) in [7, 11) is -3.72. The van der Waals surface area contributed by atoms with Crippen LogP contribution in [-0.4, -0.2) is 50.1 Å². The number of esters is 1. The van der Waals surface area contributed by atoms with Crippen LogP contribution in [0.1, 0.15) is 35.7 Å². The van der Waals surface area contributed by atoms with E-state index < -0.39 is 45.4 Å². The zero-order valence-corrected chi connectivity index (χ0v) is 17.9. The summed E-state index contributed by atoms with van der Waals surface area (Å²) in [6, 6.07) is 9.34. The fourth-order valence-electron chi connectivity index (χ4n) is 3.85. The normalized spacial score (nSPS) is 18.6. The van der Waals surface area contributed by atoms with Gasteiger partial charge in [-0.2, -0.15) is 8.42 Å². The van der Waals surface area contributed by atoms with Crippen molar-refractivity contribution in [3.8, 4) is 0 Å². The third-order valence-electron chi connectivity index (χ3n) is 5.61. The van der Waals surface area contributed by atoms with Crippen LogP contribution in [0.3, 0.4) is 0 Å². The summed E-state index contributed by atoms with van der Waals surface area (Å²) in [5.74, 6) is -3.51. The van der Waals surface area contributed by atoms with Crippen LogP contribution in [0.15, 0.2) is 51.8 Å². The van der Waals surface area contributed by atoms with Crippen molar-refractivity contribution in [2.45, 2.75) is 30.8 Å². The molecule has 0 aromatic heterocycles. The number of hydrogen-bond donors (Lipinski definition) is 0. The van der Waals surface area contributed by atoms with Gasteiger partial charge in [0.2, 0.25) is 5.78 Å². The van der Waals surface area contributed by atoms with Crippen molar-refractivity contribution >= 4 is 27.6 Å². The predicted molar refractivity (Wildman–Crippen MR) is 111 cm³/mol. The zero-order valence-electron chi connectivity index (χ0n) is 17.1. The lowest BCUT2D eigenvalue weighted by Crippen LogP contribution is -2.41. The van der Waals surface area contributed by atoms with E-state index in [2.05, 4.69) is 4.40 Å². The van der Waals surface area contributed by atoms with E-state index >= 15 is 0 Å². The Bertz CT molecular complexity index is 1220. The Morgan fingerprint density at radius 3 is 2.47 bits per heavy atom. The van der Waals surface area contributed by atoms with Crippen LogP contribution in [0, 0.1) is 17.6 Å². The molecule has 1 fully saturated rings. The van der Waals surface area contributed by atoms with Crippen LogP contribution < -0.4 is 0 Å². The molecular formula is C22H20F2N2O5S. The summed E-state index contributed by atoms with van der Waals surface area (Å²) < 4.78 is 60.1. The van der Waals surface area contributed by atoms with Gasteiger partial charge in [0.15, 0.2) is 23.6 Å². The van der Waals surface area contributed by atoms with Gasteiger partial charge in [0.05, 0.1) is 5.92 Å². The van der Waals surface area contributed by atoms with Crippen LogP contribution in [0.4, 0.5) is 8.78 Å². The molecule has 1 atom stereocenters. The second-order valence-corrected chi connectivity index (χ2v) is 9.29. The van der Waals surface area contributed by atoms with Crippen LogP contribution >= 0.6 is 0 Å². The quantitative estimate of drug-likeness (QED) is 0.512. The van der Waals surface area contributed by atoms with E-state index in [0.29, 0.717) is 37.3 Å². The number of fused-ring (bicyclic) bond motifs is 1. The highest BCUT2D eigenvalue weighted by molar-refractivity contribution is 7.90. The molecule has 0 amide bonds. The number of hydrogen-bond acceptors (Lipinski definition) is 6. The Labute approximate surface area is 183 Å². The number of sulfonamides is 1. The predicted octanol–water partition coefficient (Wildman–Crippen LogP) is 2.94. The molecule has 2 aromatic rings. The third-order valence-corrected chi connectivity index (χ3v) is 6.93. The minimum Gasteiger partial charge on any atom is -0.454 e. The number of halogens is 2. The maximum atomic E-state index is 13.4. The van der Waals surface area contributed by atoms with Gasteiger partial charge in [-0.15, -0.1) is 4.40 Å². The lowest BCUT2D eigenvalue weighted by atomic mass is 9.96. The van der Waals surface area contributed by atoms with E-state index in [-0.39, 0.29) is 10.5 Å². The van der Waals surface area contributed by atoms with Crippen molar-refractivity contribution < 1.29 is 31.5 Å². The molecule has 0 aliphatic carbocycles. The average molecular weight is 462 g/mol. The molecule has 0 bridgehead atoms. The largest absolute Gasteiger partial charge is 0.454 e. The van der Waals surface area contributed by atoms with E-state index in [4.69, 9.17) is 4.74 Å². The van der Waals surface area contributed by atoms with E-state index in [1.54, 1.807) is 18.2 Å². The van der Waals surface area contributed by atoms with Crippen molar-refractivity contribution in [3.05, 3.63) is 65.2 Å². The topological polar surface area (TPSA) is 93.1 Å². The number of benzene rings is 2. The van der Waals surface area contributed by atoms with Crippen LogP contribution in [0.2, 0.25) is 0 Å². The zero-order chi connectivity index (χ0) is 23.0. The Balaban J connectivity index is 1.37. The molecule has 168 valence electrons. The van der Waals surface area contributed by atoms with Gasteiger partial charge < -0.3 is 9.64 Å². The first-order valence-electron chi connectivity index (χ1n) is 10.1. The van der Waals surface area contributed by atoms with Gasteiger partial charge in [-0.25, -0.2) is 8.78 Å². The van der Waals surface area contributed by atoms with E-state index in [1.165, 1.54) is 13.0 Å². The summed E-state index contributed by atoms with van der Waals surface area (Å²) in [4.78, 5) is 26.9. The lowest BCUT2D eigenvalue weighted by Gasteiger charge is -2.32. The first kappa shape index (κ1) is 22.1. The lowest BCUT2D eigenvalue weighted by molar-refractivity contribution is -0.152. The van der Waals surface area contributed by atoms with Crippen LogP contribution in [0.5, 0.6) is 0 Å². The first-order chi connectivity index (χ1) is 15.2. The van der Waals surface area contributed by atoms with Crippen molar-refractivity contribution in [3.63, 3.8) is 0 Å². The molecule has 0 radical (unpaired) electrons. The standard InChI is InChI=1S/C22H20F2N2O5S/c1-13(20(27)15-6-7-17(23)18(24)12-15)31-22(28)14-8-10-26(11-9-14)21-16-4-2-3-5-19(16)32(29,30)25-21/h2-7,12-14H,8-11H2,1H3/t13-/m1/s1. The number of Topliss-reactive ketones (excluding diaryl/α,β-unsaturated/α-hetero) is 1. The van der Waals surface area contributed by atoms with Gasteiger partial charge in [0.1, 0.15) is 4.90 Å². The number of ketones is 1. The molecule has 2 aromatic carbocycles. The molecule has 0 unspecified atom stereocenters. The van der Waals surface area contributed by atoms with Crippen molar-refractivity contribution in [1.82, 2.24) is 4.90 Å². The fourth-order valence-corrected chi connectivity index (χ4v) is 5.08. The number of rotatable bonds is 4. The average Bonchev–Trinajstić information content (AvgIpc) is 3.06. The van der Waals surface area contributed by atoms with Gasteiger partial charge in [-0.1, -0.05) is 12.1 Å². The summed E-state index contributed by atoms with van der Waals surface area (Å²) in [5, 5.41) is 0. The molecule has 0 N–H and O–H groups in total. The highest BCUT2D eigenvalue weighted by Crippen LogP contribution is 2.30. The maximum Gasteiger partial charge on any atom is 0.309 e. The molecule has 10 heteroatoms. The number of amidine groups is 1. The third kappa shape index (κ3) is 4.14. The number of carbonyl (C=O) groups excluding carboxylic acids is 2. The first-order valence-corrected chi connectivity index (χ1v) is 11.5. The number of piperidine rings is 1. The monoisotopic (exact) mass is 462 g/mol. The van der Waals surface area contributed by atoms with Gasteiger partial charge in [-0.05, 0) is 50.1 Å². The molecule has 2 aliphatic rings. The highest BCUT2D eigenvalue weighted by Gasteiger charge is 2.35. The summed E-state index contributed by atoms with van der Waals surface area (Å²) in [5.41, 5.74) is 0.456. The summed E-state index contributed by atoms with van der Waals surface area (Å²) >= 11 is 0. The molecule has 2 heterocycles. The molecule has 2 aliphatic heterocycles. The molecule has 0 saturated carbocycles. The number of carbonyl (C=O) groups is 2. The molecule has 0 spiro atoms. The van der Waals surface area contributed by atoms with Gasteiger partial charge >= 0.3 is 5.97 Å². The second kappa shape index (κ2) is 8.42. The smallest absolute Gasteiger partial charge is 0.309 e. The van der Waals surface area contributed by atoms with Crippen molar-refractivity contribution in [2.75, 3.05) is 13.1 Å². The summed E-state index contributed by atoms with van der Waals surface area (Å²) in [6.07, 6.45) is -0.361. The molecule has 1 saturated heterocycles. The Morgan fingerprint density at radius 1 is 1.09 bits per heavy atom. The number of likely N-dealkylation sites (tertiary alicyclic amines) is 1. The maximum absolute atomic E-state index is 13.4. The highest BCUT2D eigenvalue weighted by atomic mass is 32.2. The van der Waals surface area contributed by atoms with Gasteiger partial charge in [-0.3, -0.25) is 9.59 Å². The summed E-state index contributed by atoms with van der Waals surface area (Å²) in [6.45, 7) is 2.17. The Hall–Kier alpha value is -3.14. The van der Waals surface area contributed by atoms with Gasteiger partial charge in [0.25, 0.3) is 10.0 Å². The minimum absolute atomic E-state index is 0.0851. The Kier molecular flexibility index (Phi) is 5.81. The molecule has 32 heavy (non-hydrogen) atoms. The Morgan fingerprint density at radius 2 is 1.78 bits per heavy atom. The SMILES string of the molecule is C[C@@H](OC(=O)C1CCN(C2=NS(=O)(=O)c3ccccc32)CC1)C(=O)c1ccc(F)c(F)c1. The van der Waals surface area contributed by atoms with Crippen molar-refractivity contribution in [1.29, 1.82) is 0 Å². The van der Waals surface area contributed by atoms with Gasteiger partial charge in [0, 0.05) is 24.2 Å². The molecule has 7 nitrogen and oxygen atoms in total. The van der Waals surface area contributed by atoms with Crippen LogP contribution in [0.25, 0.3) is 0 Å².